The Morgan fingerprint density at radius 3 is 2.32 bits per heavy atom. The Morgan fingerprint density at radius 1 is 0.982 bits per heavy atom. The predicted molar refractivity (Wildman–Crippen MR) is 202 cm³/mol. The van der Waals surface area contributed by atoms with Crippen molar-refractivity contribution in [2.45, 2.75) is 44.2 Å². The van der Waals surface area contributed by atoms with Crippen molar-refractivity contribution in [2.75, 3.05) is 72.3 Å². The molecule has 2 amide bonds. The average molecular weight is 818 g/mol. The Hall–Kier alpha value is -4.88. The van der Waals surface area contributed by atoms with Crippen molar-refractivity contribution in [1.82, 2.24) is 24.1 Å². The van der Waals surface area contributed by atoms with Crippen LogP contribution in [-0.2, 0) is 38.7 Å². The second kappa shape index (κ2) is 14.6. The fourth-order valence-corrected chi connectivity index (χ4v) is 9.34. The standard InChI is InChI=1S/C36H39ClF3N9O6S/c1-2-29-31(45-11-13-46(14-12-45)32(51)25-5-3-4-6-27(25)44-56(53,54)24-8-9-24)33(52)49-35(42-34(43-49)47-16-21-19-55-20-22(21)17-47)48(29)18-30(50)41-28-10-7-23(15-26(28)37)36(38,39)40/h3-7,10,15,21-22,24,44H,2,8-9,11-14,16-20H2,1H3,(H,41,50)/t21-,22+. The zero-order valence-corrected chi connectivity index (χ0v) is 31.8. The van der Waals surface area contributed by atoms with E-state index in [0.29, 0.717) is 62.6 Å². The van der Waals surface area contributed by atoms with Gasteiger partial charge in [0.2, 0.25) is 27.7 Å². The summed E-state index contributed by atoms with van der Waals surface area (Å²) in [5.74, 6) is 0.0506. The highest BCUT2D eigenvalue weighted by Gasteiger charge is 2.40. The number of carbonyl (C=O) groups excluding carboxylic acids is 2. The number of alkyl halides is 3. The van der Waals surface area contributed by atoms with E-state index in [1.54, 1.807) is 33.7 Å². The molecule has 20 heteroatoms. The van der Waals surface area contributed by atoms with Crippen molar-refractivity contribution in [2.24, 2.45) is 11.8 Å². The maximum Gasteiger partial charge on any atom is 0.416 e. The van der Waals surface area contributed by atoms with E-state index in [0.717, 1.165) is 18.2 Å². The zero-order chi connectivity index (χ0) is 39.5. The number of benzene rings is 2. The summed E-state index contributed by atoms with van der Waals surface area (Å²) in [6.45, 7) is 4.85. The monoisotopic (exact) mass is 817 g/mol. The van der Waals surface area contributed by atoms with Crippen LogP contribution in [0.3, 0.4) is 0 Å². The predicted octanol–water partition coefficient (Wildman–Crippen LogP) is 3.71. The SMILES string of the molecule is CCc1c(N2CCN(C(=O)c3ccccc3NS(=O)(=O)C3CC3)CC2)c(=O)n2nc(N3C[C@H]4COC[C@H]4C3)nc2n1CC(=O)Nc1ccc(C(F)(F)F)cc1Cl. The first-order valence-electron chi connectivity index (χ1n) is 18.4. The van der Waals surface area contributed by atoms with Gasteiger partial charge in [0.1, 0.15) is 12.2 Å². The molecule has 0 spiro atoms. The van der Waals surface area contributed by atoms with E-state index in [-0.39, 0.29) is 78.5 Å². The summed E-state index contributed by atoms with van der Waals surface area (Å²) in [5.41, 5.74) is -0.264. The third-order valence-electron chi connectivity index (χ3n) is 10.8. The van der Waals surface area contributed by atoms with Gasteiger partial charge in [-0.1, -0.05) is 30.7 Å². The van der Waals surface area contributed by atoms with Crippen LogP contribution >= 0.6 is 11.6 Å². The molecule has 4 aliphatic rings. The summed E-state index contributed by atoms with van der Waals surface area (Å²) in [4.78, 5) is 52.0. The molecule has 2 atom stereocenters. The second-order valence-electron chi connectivity index (χ2n) is 14.5. The number of hydrogen-bond acceptors (Lipinski definition) is 10. The fraction of sp³-hybridized carbons (Fsp3) is 0.472. The summed E-state index contributed by atoms with van der Waals surface area (Å²) < 4.78 is 76.2. The summed E-state index contributed by atoms with van der Waals surface area (Å²) in [5, 5.41) is 6.48. The fourth-order valence-electron chi connectivity index (χ4n) is 7.71. The van der Waals surface area contributed by atoms with Crippen LogP contribution in [-0.4, -0.2) is 102 Å². The van der Waals surface area contributed by atoms with Crippen molar-refractivity contribution in [3.63, 3.8) is 0 Å². The molecule has 1 aliphatic carbocycles. The second-order valence-corrected chi connectivity index (χ2v) is 16.9. The minimum atomic E-state index is -4.62. The molecule has 56 heavy (non-hydrogen) atoms. The smallest absolute Gasteiger partial charge is 0.381 e. The topological polar surface area (TPSA) is 163 Å². The highest BCUT2D eigenvalue weighted by atomic mass is 35.5. The molecule has 4 aromatic rings. The first kappa shape index (κ1) is 38.0. The Bertz CT molecular complexity index is 2370. The third kappa shape index (κ3) is 7.27. The van der Waals surface area contributed by atoms with E-state index in [4.69, 9.17) is 21.3 Å². The van der Waals surface area contributed by atoms with Crippen LogP contribution in [0.15, 0.2) is 47.3 Å². The number of hydrogen-bond donors (Lipinski definition) is 2. The lowest BCUT2D eigenvalue weighted by Crippen LogP contribution is -2.51. The molecule has 1 saturated carbocycles. The van der Waals surface area contributed by atoms with Crippen LogP contribution in [0.25, 0.3) is 5.78 Å². The van der Waals surface area contributed by atoms with Crippen molar-refractivity contribution in [3.05, 3.63) is 74.7 Å². The van der Waals surface area contributed by atoms with Gasteiger partial charge in [0.25, 0.3) is 11.5 Å². The minimum Gasteiger partial charge on any atom is -0.381 e. The lowest BCUT2D eigenvalue weighted by molar-refractivity contribution is -0.137. The lowest BCUT2D eigenvalue weighted by atomic mass is 10.0. The van der Waals surface area contributed by atoms with Crippen molar-refractivity contribution in [1.29, 1.82) is 0 Å². The number of nitrogens with one attached hydrogen (secondary N) is 2. The molecular weight excluding hydrogens is 779 g/mol. The first-order chi connectivity index (χ1) is 26.7. The maximum atomic E-state index is 14.4. The quantitative estimate of drug-likeness (QED) is 0.241. The number of fused-ring (bicyclic) bond motifs is 2. The highest BCUT2D eigenvalue weighted by Crippen LogP contribution is 2.35. The van der Waals surface area contributed by atoms with Gasteiger partial charge in [-0.25, -0.2) is 8.42 Å². The number of rotatable bonds is 10. The number of halogens is 4. The van der Waals surface area contributed by atoms with Gasteiger partial charge in [-0.3, -0.25) is 19.1 Å². The molecule has 15 nitrogen and oxygen atoms in total. The number of carbonyl (C=O) groups is 2. The highest BCUT2D eigenvalue weighted by molar-refractivity contribution is 7.93. The number of nitrogens with zero attached hydrogens (tertiary/aromatic N) is 7. The Kier molecular flexibility index (Phi) is 9.89. The van der Waals surface area contributed by atoms with Gasteiger partial charge in [0.05, 0.1) is 51.7 Å². The summed E-state index contributed by atoms with van der Waals surface area (Å²) in [7, 11) is -3.61. The molecule has 4 fully saturated rings. The molecule has 2 N–H and O–H groups in total. The molecule has 3 saturated heterocycles. The van der Waals surface area contributed by atoms with E-state index in [1.165, 1.54) is 4.52 Å². The van der Waals surface area contributed by atoms with Crippen molar-refractivity contribution >= 4 is 62.2 Å². The van der Waals surface area contributed by atoms with Crippen LogP contribution in [0, 0.1) is 11.8 Å². The number of para-hydroxylation sites is 1. The zero-order valence-electron chi connectivity index (χ0n) is 30.3. The first-order valence-corrected chi connectivity index (χ1v) is 20.3. The van der Waals surface area contributed by atoms with Crippen LogP contribution in [0.4, 0.5) is 36.2 Å². The Morgan fingerprint density at radius 2 is 1.68 bits per heavy atom. The number of piperazine rings is 1. The van der Waals surface area contributed by atoms with Gasteiger partial charge in [0, 0.05) is 51.1 Å². The van der Waals surface area contributed by atoms with E-state index < -0.39 is 38.5 Å². The Labute approximate surface area is 324 Å². The number of amides is 2. The minimum absolute atomic E-state index is 0.0179. The van der Waals surface area contributed by atoms with E-state index in [9.17, 15) is 36.0 Å². The van der Waals surface area contributed by atoms with Gasteiger partial charge in [-0.2, -0.15) is 22.7 Å². The molecule has 8 rings (SSSR count). The molecule has 2 aromatic carbocycles. The van der Waals surface area contributed by atoms with Gasteiger partial charge in [-0.15, -0.1) is 5.10 Å². The molecule has 5 heterocycles. The van der Waals surface area contributed by atoms with Crippen LogP contribution in [0.2, 0.25) is 5.02 Å². The Balaban J connectivity index is 1.09. The molecule has 0 radical (unpaired) electrons. The van der Waals surface area contributed by atoms with Gasteiger partial charge in [0.15, 0.2) is 0 Å². The van der Waals surface area contributed by atoms with Crippen molar-refractivity contribution in [3.8, 4) is 0 Å². The normalized spacial score (nSPS) is 20.1. The van der Waals surface area contributed by atoms with Crippen LogP contribution in [0.1, 0.15) is 41.4 Å². The van der Waals surface area contributed by atoms with Crippen LogP contribution < -0.4 is 25.4 Å². The average Bonchev–Trinajstić information content (AvgIpc) is 3.60. The molecular formula is C36H39ClF3N9O6S. The molecule has 3 aliphatic heterocycles. The molecule has 2 aromatic heterocycles. The van der Waals surface area contributed by atoms with Gasteiger partial charge in [-0.05, 0) is 49.6 Å². The lowest BCUT2D eigenvalue weighted by Gasteiger charge is -2.37. The number of aromatic nitrogens is 4. The summed E-state index contributed by atoms with van der Waals surface area (Å²) in [6, 6.07) is 9.11. The number of anilines is 4. The van der Waals surface area contributed by atoms with Crippen LogP contribution in [0.5, 0.6) is 0 Å². The third-order valence-corrected chi connectivity index (χ3v) is 13.0. The molecule has 0 bridgehead atoms. The van der Waals surface area contributed by atoms with Gasteiger partial charge >= 0.3 is 6.18 Å². The molecule has 0 unspecified atom stereocenters. The van der Waals surface area contributed by atoms with E-state index in [1.807, 2.05) is 16.7 Å². The van der Waals surface area contributed by atoms with Gasteiger partial charge < -0.3 is 29.3 Å². The summed E-state index contributed by atoms with van der Waals surface area (Å²) >= 11 is 6.16. The van der Waals surface area contributed by atoms with E-state index in [2.05, 4.69) is 15.1 Å². The van der Waals surface area contributed by atoms with Crippen molar-refractivity contribution < 1.29 is 35.9 Å². The summed E-state index contributed by atoms with van der Waals surface area (Å²) in [6.07, 6.45) is -3.19. The van der Waals surface area contributed by atoms with E-state index >= 15 is 0 Å². The largest absolute Gasteiger partial charge is 0.416 e. The molecule has 298 valence electrons. The number of sulfonamides is 1. The maximum absolute atomic E-state index is 14.4. The number of ether oxygens (including phenoxy) is 1.